The smallest absolute Gasteiger partial charge is 0.260 e. The first-order chi connectivity index (χ1) is 10.9. The standard InChI is InChI=1S/C18H21N2O3/c1-11(2)10-15(17(19)21)20-18(22)14-9-8-12-6-4-5-7-13(12)16(14)23-3/h4-9,11,15,19H,10H2,1-3H3,(H,20,22)/t15-/m0/s1. The van der Waals surface area contributed by atoms with Gasteiger partial charge in [0, 0.05) is 5.39 Å². The zero-order valence-corrected chi connectivity index (χ0v) is 13.6. The van der Waals surface area contributed by atoms with E-state index in [2.05, 4.69) is 5.32 Å². The van der Waals surface area contributed by atoms with Crippen molar-refractivity contribution in [3.05, 3.63) is 42.0 Å². The average Bonchev–Trinajstić information content (AvgIpc) is 2.52. The molecule has 2 amide bonds. The van der Waals surface area contributed by atoms with Crippen LogP contribution in [-0.4, -0.2) is 25.0 Å². The van der Waals surface area contributed by atoms with E-state index in [1.807, 2.05) is 44.2 Å². The fourth-order valence-corrected chi connectivity index (χ4v) is 2.58. The van der Waals surface area contributed by atoms with Gasteiger partial charge in [0.25, 0.3) is 11.8 Å². The van der Waals surface area contributed by atoms with Crippen molar-refractivity contribution in [3.8, 4) is 5.75 Å². The molecule has 2 aromatic rings. The first-order valence-electron chi connectivity index (χ1n) is 7.56. The zero-order valence-electron chi connectivity index (χ0n) is 13.6. The molecular formula is C18H21N2O3. The van der Waals surface area contributed by atoms with Crippen LogP contribution >= 0.6 is 0 Å². The first kappa shape index (κ1) is 16.8. The lowest BCUT2D eigenvalue weighted by Gasteiger charge is -2.18. The number of benzene rings is 2. The monoisotopic (exact) mass is 313 g/mol. The number of methoxy groups -OCH3 is 1. The summed E-state index contributed by atoms with van der Waals surface area (Å²) in [5, 5.41) is 4.45. The van der Waals surface area contributed by atoms with Gasteiger partial charge in [-0.2, -0.15) is 0 Å². The van der Waals surface area contributed by atoms with Gasteiger partial charge in [0.15, 0.2) is 0 Å². The molecule has 2 aromatic carbocycles. The van der Waals surface area contributed by atoms with Crippen molar-refractivity contribution >= 4 is 22.6 Å². The molecular weight excluding hydrogens is 292 g/mol. The van der Waals surface area contributed by atoms with Crippen LogP contribution in [0.2, 0.25) is 0 Å². The number of hydrogen-bond donors (Lipinski definition) is 1. The van der Waals surface area contributed by atoms with Gasteiger partial charge in [-0.25, -0.2) is 0 Å². The maximum Gasteiger partial charge on any atom is 0.260 e. The lowest BCUT2D eigenvalue weighted by Crippen LogP contribution is -2.42. The van der Waals surface area contributed by atoms with E-state index in [4.69, 9.17) is 10.5 Å². The highest BCUT2D eigenvalue weighted by Crippen LogP contribution is 2.29. The van der Waals surface area contributed by atoms with Crippen LogP contribution in [-0.2, 0) is 4.79 Å². The molecule has 1 radical (unpaired) electrons. The van der Waals surface area contributed by atoms with E-state index in [1.54, 1.807) is 6.07 Å². The number of nitrogens with one attached hydrogen (secondary N) is 2. The third-order valence-electron chi connectivity index (χ3n) is 3.66. The molecule has 0 aliphatic heterocycles. The predicted octanol–water partition coefficient (Wildman–Crippen LogP) is 2.80. The van der Waals surface area contributed by atoms with E-state index >= 15 is 0 Å². The molecule has 0 saturated carbocycles. The van der Waals surface area contributed by atoms with Crippen LogP contribution in [0.4, 0.5) is 0 Å². The summed E-state index contributed by atoms with van der Waals surface area (Å²) in [5.41, 5.74) is 7.69. The largest absolute Gasteiger partial charge is 0.495 e. The number of rotatable bonds is 6. The van der Waals surface area contributed by atoms with Gasteiger partial charge in [0.1, 0.15) is 11.8 Å². The van der Waals surface area contributed by atoms with Crippen molar-refractivity contribution in [2.45, 2.75) is 26.3 Å². The summed E-state index contributed by atoms with van der Waals surface area (Å²) in [5.74, 6) is -0.514. The Kier molecular flexibility index (Phi) is 5.21. The first-order valence-corrected chi connectivity index (χ1v) is 7.56. The summed E-state index contributed by atoms with van der Waals surface area (Å²) in [6.45, 7) is 3.89. The molecule has 0 unspecified atom stereocenters. The molecule has 0 aliphatic rings. The normalized spacial score (nSPS) is 12.2. The Balaban J connectivity index is 2.35. The Morgan fingerprint density at radius 3 is 2.48 bits per heavy atom. The second-order valence-corrected chi connectivity index (χ2v) is 5.89. The molecule has 23 heavy (non-hydrogen) atoms. The van der Waals surface area contributed by atoms with Gasteiger partial charge >= 0.3 is 0 Å². The SMILES string of the molecule is COc1c(C(=O)N[C@@H](CC(C)C)C([NH])=O)ccc2ccccc12. The lowest BCUT2D eigenvalue weighted by atomic mass is 10.0. The summed E-state index contributed by atoms with van der Waals surface area (Å²) in [4.78, 5) is 24.0. The van der Waals surface area contributed by atoms with E-state index in [-0.39, 0.29) is 5.92 Å². The number of hydrogen-bond acceptors (Lipinski definition) is 3. The minimum Gasteiger partial charge on any atom is -0.495 e. The third-order valence-corrected chi connectivity index (χ3v) is 3.66. The number of amides is 2. The molecule has 0 spiro atoms. The van der Waals surface area contributed by atoms with Crippen LogP contribution in [0.1, 0.15) is 30.6 Å². The number of fused-ring (bicyclic) bond motifs is 1. The van der Waals surface area contributed by atoms with E-state index in [9.17, 15) is 9.59 Å². The molecule has 0 bridgehead atoms. The molecule has 5 heteroatoms. The number of carbonyl (C=O) groups excluding carboxylic acids is 2. The van der Waals surface area contributed by atoms with Crippen molar-refractivity contribution in [1.29, 1.82) is 0 Å². The minimum absolute atomic E-state index is 0.202. The van der Waals surface area contributed by atoms with Gasteiger partial charge < -0.3 is 10.1 Å². The zero-order chi connectivity index (χ0) is 17.0. The quantitative estimate of drug-likeness (QED) is 0.890. The van der Waals surface area contributed by atoms with Crippen LogP contribution in [0.5, 0.6) is 5.75 Å². The van der Waals surface area contributed by atoms with Crippen molar-refractivity contribution in [3.63, 3.8) is 0 Å². The van der Waals surface area contributed by atoms with Crippen LogP contribution in [0.3, 0.4) is 0 Å². The van der Waals surface area contributed by atoms with Crippen LogP contribution in [0.25, 0.3) is 10.8 Å². The van der Waals surface area contributed by atoms with Crippen molar-refractivity contribution < 1.29 is 14.3 Å². The van der Waals surface area contributed by atoms with Gasteiger partial charge in [-0.1, -0.05) is 44.2 Å². The third kappa shape index (κ3) is 3.80. The molecule has 2 rings (SSSR count). The van der Waals surface area contributed by atoms with Crippen molar-refractivity contribution in [2.24, 2.45) is 5.92 Å². The maximum atomic E-state index is 12.5. The van der Waals surface area contributed by atoms with Crippen molar-refractivity contribution in [2.75, 3.05) is 7.11 Å². The molecule has 0 aromatic heterocycles. The molecule has 5 nitrogen and oxygen atoms in total. The van der Waals surface area contributed by atoms with Crippen molar-refractivity contribution in [1.82, 2.24) is 11.1 Å². The summed E-state index contributed by atoms with van der Waals surface area (Å²) < 4.78 is 5.41. The summed E-state index contributed by atoms with van der Waals surface area (Å²) >= 11 is 0. The average molecular weight is 313 g/mol. The lowest BCUT2D eigenvalue weighted by molar-refractivity contribution is -0.120. The van der Waals surface area contributed by atoms with Crippen LogP contribution in [0.15, 0.2) is 36.4 Å². The maximum absolute atomic E-state index is 12.5. The van der Waals surface area contributed by atoms with Gasteiger partial charge in [0.2, 0.25) is 0 Å². The molecule has 2 N–H and O–H groups in total. The second-order valence-electron chi connectivity index (χ2n) is 5.89. The topological polar surface area (TPSA) is 79.2 Å². The second kappa shape index (κ2) is 7.13. The van der Waals surface area contributed by atoms with Crippen LogP contribution < -0.4 is 15.8 Å². The van der Waals surface area contributed by atoms with Gasteiger partial charge in [-0.3, -0.25) is 15.3 Å². The Morgan fingerprint density at radius 2 is 1.87 bits per heavy atom. The van der Waals surface area contributed by atoms with Crippen LogP contribution in [0, 0.1) is 5.92 Å². The minimum atomic E-state index is -0.807. The highest BCUT2D eigenvalue weighted by Gasteiger charge is 2.23. The van der Waals surface area contributed by atoms with E-state index in [1.165, 1.54) is 7.11 Å². The fourth-order valence-electron chi connectivity index (χ4n) is 2.58. The Labute approximate surface area is 135 Å². The van der Waals surface area contributed by atoms with E-state index in [0.717, 1.165) is 10.8 Å². The fraction of sp³-hybridized carbons (Fsp3) is 0.333. The molecule has 0 heterocycles. The van der Waals surface area contributed by atoms with E-state index < -0.39 is 17.9 Å². The summed E-state index contributed by atoms with van der Waals surface area (Å²) in [6, 6.07) is 10.3. The van der Waals surface area contributed by atoms with E-state index in [0.29, 0.717) is 17.7 Å². The Morgan fingerprint density at radius 1 is 1.17 bits per heavy atom. The molecule has 0 aliphatic carbocycles. The Hall–Kier alpha value is -2.56. The van der Waals surface area contributed by atoms with Gasteiger partial charge in [-0.15, -0.1) is 0 Å². The van der Waals surface area contributed by atoms with Gasteiger partial charge in [-0.05, 0) is 23.8 Å². The summed E-state index contributed by atoms with van der Waals surface area (Å²) in [6.07, 6.45) is 0.434. The Bertz CT molecular complexity index is 725. The highest BCUT2D eigenvalue weighted by atomic mass is 16.5. The molecule has 121 valence electrons. The number of carbonyl (C=O) groups is 2. The molecule has 1 atom stereocenters. The summed E-state index contributed by atoms with van der Waals surface area (Å²) in [7, 11) is 1.51. The number of ether oxygens (including phenoxy) is 1. The highest BCUT2D eigenvalue weighted by molar-refractivity contribution is 6.05. The molecule has 0 saturated heterocycles. The molecule has 0 fully saturated rings. The van der Waals surface area contributed by atoms with Gasteiger partial charge in [0.05, 0.1) is 12.7 Å². The predicted molar refractivity (Wildman–Crippen MR) is 89.3 cm³/mol.